The van der Waals surface area contributed by atoms with Crippen molar-refractivity contribution in [3.8, 4) is 5.75 Å². The van der Waals surface area contributed by atoms with Crippen LogP contribution in [-0.2, 0) is 0 Å². The average molecular weight is 465 g/mol. The van der Waals surface area contributed by atoms with Crippen molar-refractivity contribution in [2.75, 3.05) is 26.2 Å². The first-order chi connectivity index (χ1) is 12.4. The smallest absolute Gasteiger partial charge is 0.404 e. The first kappa shape index (κ1) is 23.5. The molecule has 0 saturated carbocycles. The molecule has 9 heteroatoms. The molecule has 1 heterocycles. The first-order valence-electron chi connectivity index (χ1n) is 8.82. The van der Waals surface area contributed by atoms with Crippen LogP contribution in [-0.4, -0.2) is 60.3 Å². The Morgan fingerprint density at radius 2 is 2.19 bits per heavy atom. The second-order valence-electron chi connectivity index (χ2n) is 6.53. The number of carbonyl (C=O) groups is 2. The van der Waals surface area contributed by atoms with Gasteiger partial charge in [0.2, 0.25) is 0 Å². The number of carboxylic acid groups (broad SMARTS) is 1. The summed E-state index contributed by atoms with van der Waals surface area (Å²) in [5.74, 6) is 0.503. The number of ether oxygens (including phenoxy) is 1. The molecule has 3 N–H and O–H groups in total. The van der Waals surface area contributed by atoms with E-state index in [0.29, 0.717) is 11.3 Å². The van der Waals surface area contributed by atoms with Crippen LogP contribution < -0.4 is 15.4 Å². The van der Waals surface area contributed by atoms with Crippen LogP contribution >= 0.6 is 28.3 Å². The molecule has 0 aliphatic carbocycles. The summed E-state index contributed by atoms with van der Waals surface area (Å²) in [5, 5.41) is 14.2. The largest absolute Gasteiger partial charge is 0.491 e. The maximum absolute atomic E-state index is 13.1. The second-order valence-corrected chi connectivity index (χ2v) is 7.39. The highest BCUT2D eigenvalue weighted by molar-refractivity contribution is 9.10. The van der Waals surface area contributed by atoms with Gasteiger partial charge in [0.15, 0.2) is 0 Å². The number of benzene rings is 1. The van der Waals surface area contributed by atoms with Gasteiger partial charge in [-0.05, 0) is 67.4 Å². The normalized spacial score (nSPS) is 16.4. The molecular weight excluding hydrogens is 438 g/mol. The van der Waals surface area contributed by atoms with Gasteiger partial charge in [0.25, 0.3) is 5.91 Å². The summed E-state index contributed by atoms with van der Waals surface area (Å²) >= 11 is 3.41. The molecule has 2 amide bonds. The number of rotatable bonds is 7. The Kier molecular flexibility index (Phi) is 9.90. The molecule has 1 aromatic carbocycles. The van der Waals surface area contributed by atoms with Gasteiger partial charge in [-0.1, -0.05) is 0 Å². The number of hydrogen-bond acceptors (Lipinski definition) is 4. The second kappa shape index (κ2) is 11.4. The molecule has 1 saturated heterocycles. The minimum atomic E-state index is -1.09. The zero-order valence-electron chi connectivity index (χ0n) is 15.5. The van der Waals surface area contributed by atoms with E-state index >= 15 is 0 Å². The molecule has 7 nitrogen and oxygen atoms in total. The highest BCUT2D eigenvalue weighted by Crippen LogP contribution is 2.27. The topological polar surface area (TPSA) is 90.9 Å². The van der Waals surface area contributed by atoms with Gasteiger partial charge in [-0.25, -0.2) is 4.79 Å². The van der Waals surface area contributed by atoms with Crippen molar-refractivity contribution in [3.63, 3.8) is 0 Å². The monoisotopic (exact) mass is 463 g/mol. The number of nitrogens with zero attached hydrogens (tertiary/aromatic N) is 1. The zero-order chi connectivity index (χ0) is 19.1. The summed E-state index contributed by atoms with van der Waals surface area (Å²) in [6.45, 7) is 6.22. The quantitative estimate of drug-likeness (QED) is 0.539. The van der Waals surface area contributed by atoms with Gasteiger partial charge in [0.05, 0.1) is 11.0 Å². The van der Waals surface area contributed by atoms with Crippen LogP contribution in [0.1, 0.15) is 37.0 Å². The lowest BCUT2D eigenvalue weighted by atomic mass is 10.0. The first-order valence-corrected chi connectivity index (χ1v) is 9.62. The molecular formula is C18H27BrClN3O4. The molecule has 0 spiro atoms. The number of carbonyl (C=O) groups excluding carboxylic acids is 1. The van der Waals surface area contributed by atoms with Crippen molar-refractivity contribution in [1.82, 2.24) is 15.5 Å². The van der Waals surface area contributed by atoms with Gasteiger partial charge >= 0.3 is 6.09 Å². The summed E-state index contributed by atoms with van der Waals surface area (Å²) in [5.41, 5.74) is 0.564. The average Bonchev–Trinajstić information content (AvgIpc) is 2.60. The Hall–Kier alpha value is -1.51. The Morgan fingerprint density at radius 3 is 2.78 bits per heavy atom. The molecule has 27 heavy (non-hydrogen) atoms. The Bertz CT molecular complexity index is 639. The van der Waals surface area contributed by atoms with E-state index in [2.05, 4.69) is 26.6 Å². The van der Waals surface area contributed by atoms with E-state index in [1.165, 1.54) is 0 Å². The van der Waals surface area contributed by atoms with Gasteiger partial charge in [-0.15, -0.1) is 12.4 Å². The van der Waals surface area contributed by atoms with Crippen molar-refractivity contribution in [2.24, 2.45) is 0 Å². The fourth-order valence-electron chi connectivity index (χ4n) is 3.11. The lowest BCUT2D eigenvalue weighted by Crippen LogP contribution is -2.51. The maximum Gasteiger partial charge on any atom is 0.404 e. The molecule has 1 aliphatic rings. The molecule has 152 valence electrons. The zero-order valence-corrected chi connectivity index (χ0v) is 17.9. The fourth-order valence-corrected chi connectivity index (χ4v) is 3.47. The van der Waals surface area contributed by atoms with Gasteiger partial charge < -0.3 is 25.4 Å². The van der Waals surface area contributed by atoms with Crippen molar-refractivity contribution in [1.29, 1.82) is 0 Å². The third-order valence-corrected chi connectivity index (χ3v) is 4.92. The predicted molar refractivity (Wildman–Crippen MR) is 110 cm³/mol. The molecule has 2 rings (SSSR count). The van der Waals surface area contributed by atoms with Crippen LogP contribution in [0.2, 0.25) is 0 Å². The standard InChI is InChI=1S/C18H26BrN3O4.ClH/c1-12(2)22(14-4-3-7-20-11-14)17(23)13-5-6-15(19)16(10-13)26-9-8-21-18(24)25;/h5-6,10,12,14,20-21H,3-4,7-9,11H2,1-2H3,(H,24,25);1H/t14-;/m1./s1. The van der Waals surface area contributed by atoms with Crippen LogP contribution in [0.4, 0.5) is 4.79 Å². The van der Waals surface area contributed by atoms with Gasteiger partial charge in [-0.3, -0.25) is 4.79 Å². The van der Waals surface area contributed by atoms with Crippen LogP contribution in [0.15, 0.2) is 22.7 Å². The molecule has 0 bridgehead atoms. The van der Waals surface area contributed by atoms with E-state index in [1.54, 1.807) is 18.2 Å². The summed E-state index contributed by atoms with van der Waals surface area (Å²) in [6.07, 6.45) is 0.967. The van der Waals surface area contributed by atoms with E-state index in [9.17, 15) is 9.59 Å². The number of halogens is 2. The van der Waals surface area contributed by atoms with Crippen LogP contribution in [0.5, 0.6) is 5.75 Å². The van der Waals surface area contributed by atoms with Gasteiger partial charge in [0.1, 0.15) is 12.4 Å². The van der Waals surface area contributed by atoms with Crippen molar-refractivity contribution < 1.29 is 19.4 Å². The van der Waals surface area contributed by atoms with Crippen molar-refractivity contribution in [2.45, 2.75) is 38.8 Å². The van der Waals surface area contributed by atoms with E-state index in [0.717, 1.165) is 30.4 Å². The molecule has 0 radical (unpaired) electrons. The summed E-state index contributed by atoms with van der Waals surface area (Å²) in [6, 6.07) is 5.55. The molecule has 0 unspecified atom stereocenters. The van der Waals surface area contributed by atoms with Crippen LogP contribution in [0.25, 0.3) is 0 Å². The molecule has 1 fully saturated rings. The highest BCUT2D eigenvalue weighted by Gasteiger charge is 2.28. The maximum atomic E-state index is 13.1. The summed E-state index contributed by atoms with van der Waals surface area (Å²) in [7, 11) is 0. The SMILES string of the molecule is CC(C)N(C(=O)c1ccc(Br)c(OCCNC(=O)O)c1)[C@@H]1CCCNC1.Cl. The third-order valence-electron chi connectivity index (χ3n) is 4.27. The minimum absolute atomic E-state index is 0. The van der Waals surface area contributed by atoms with Crippen LogP contribution in [0.3, 0.4) is 0 Å². The van der Waals surface area contributed by atoms with E-state index in [1.807, 2.05) is 18.7 Å². The number of piperidine rings is 1. The molecule has 0 aromatic heterocycles. The highest BCUT2D eigenvalue weighted by atomic mass is 79.9. The molecule has 1 aromatic rings. The van der Waals surface area contributed by atoms with Crippen LogP contribution in [0, 0.1) is 0 Å². The van der Waals surface area contributed by atoms with Gasteiger partial charge in [0, 0.05) is 24.2 Å². The van der Waals surface area contributed by atoms with Gasteiger partial charge in [-0.2, -0.15) is 0 Å². The Balaban J connectivity index is 0.00000364. The third kappa shape index (κ3) is 6.86. The number of nitrogens with one attached hydrogen (secondary N) is 2. The fraction of sp³-hybridized carbons (Fsp3) is 0.556. The molecule has 1 atom stereocenters. The number of hydrogen-bond donors (Lipinski definition) is 3. The summed E-state index contributed by atoms with van der Waals surface area (Å²) < 4.78 is 6.33. The Morgan fingerprint density at radius 1 is 1.44 bits per heavy atom. The molecule has 1 aliphatic heterocycles. The van der Waals surface area contributed by atoms with Crippen molar-refractivity contribution >= 4 is 40.3 Å². The van der Waals surface area contributed by atoms with E-state index in [4.69, 9.17) is 9.84 Å². The van der Waals surface area contributed by atoms with E-state index in [-0.39, 0.29) is 43.5 Å². The lowest BCUT2D eigenvalue weighted by molar-refractivity contribution is 0.0573. The Labute approximate surface area is 174 Å². The predicted octanol–water partition coefficient (Wildman–Crippen LogP) is 3.12. The van der Waals surface area contributed by atoms with E-state index < -0.39 is 6.09 Å². The summed E-state index contributed by atoms with van der Waals surface area (Å²) in [4.78, 5) is 25.5. The van der Waals surface area contributed by atoms with Crippen molar-refractivity contribution in [3.05, 3.63) is 28.2 Å². The minimum Gasteiger partial charge on any atom is -0.491 e. The lowest BCUT2D eigenvalue weighted by Gasteiger charge is -2.37. The number of amides is 2.